The molecule has 3 heterocycles. The van der Waals surface area contributed by atoms with Crippen LogP contribution in [-0.2, 0) is 4.79 Å². The van der Waals surface area contributed by atoms with Crippen molar-refractivity contribution in [2.45, 2.75) is 32.1 Å². The maximum Gasteiger partial charge on any atom is 0.225 e. The minimum absolute atomic E-state index is 0.188. The van der Waals surface area contributed by atoms with E-state index in [1.54, 1.807) is 6.20 Å². The first-order chi connectivity index (χ1) is 11.2. The molecule has 3 fully saturated rings. The minimum atomic E-state index is 0.188. The van der Waals surface area contributed by atoms with E-state index in [0.29, 0.717) is 10.9 Å². The molecule has 2 aliphatic heterocycles. The third-order valence-electron chi connectivity index (χ3n) is 5.92. The molecule has 2 unspecified atom stereocenters. The number of halogens is 1. The first-order valence-corrected chi connectivity index (χ1v) is 9.24. The molecule has 5 heteroatoms. The Labute approximate surface area is 142 Å². The van der Waals surface area contributed by atoms with Crippen LogP contribution in [0.15, 0.2) is 18.3 Å². The molecule has 1 saturated carbocycles. The van der Waals surface area contributed by atoms with E-state index in [0.717, 1.165) is 56.7 Å². The molecule has 4 nitrogen and oxygen atoms in total. The zero-order valence-electron chi connectivity index (χ0n) is 13.5. The van der Waals surface area contributed by atoms with Crippen molar-refractivity contribution in [2.24, 2.45) is 17.8 Å². The van der Waals surface area contributed by atoms with Crippen molar-refractivity contribution in [3.63, 3.8) is 0 Å². The van der Waals surface area contributed by atoms with Crippen LogP contribution in [0, 0.1) is 17.8 Å². The fourth-order valence-electron chi connectivity index (χ4n) is 4.62. The normalized spacial score (nSPS) is 28.2. The summed E-state index contributed by atoms with van der Waals surface area (Å²) < 4.78 is 0. The van der Waals surface area contributed by atoms with Crippen LogP contribution >= 0.6 is 11.6 Å². The van der Waals surface area contributed by atoms with E-state index < -0.39 is 0 Å². The standard InChI is InChI=1S/C18H24ClN3O/c19-16-5-2-8-20-17(16)21-9-6-13(7-10-21)18(23)22-11-14-3-1-4-15(14)12-22/h2,5,8,13-15H,1,3-4,6-7,9-12H2. The third kappa shape index (κ3) is 2.93. The molecular formula is C18H24ClN3O. The summed E-state index contributed by atoms with van der Waals surface area (Å²) in [5, 5.41) is 0.699. The van der Waals surface area contributed by atoms with Crippen LogP contribution in [0.2, 0.25) is 5.02 Å². The Morgan fingerprint density at radius 2 is 1.83 bits per heavy atom. The summed E-state index contributed by atoms with van der Waals surface area (Å²) in [6.07, 6.45) is 7.62. The van der Waals surface area contributed by atoms with Crippen LogP contribution in [0.1, 0.15) is 32.1 Å². The second-order valence-electron chi connectivity index (χ2n) is 7.26. The molecule has 3 aliphatic rings. The topological polar surface area (TPSA) is 36.4 Å². The van der Waals surface area contributed by atoms with Gasteiger partial charge in [0.1, 0.15) is 5.82 Å². The highest BCUT2D eigenvalue weighted by Gasteiger charge is 2.40. The highest BCUT2D eigenvalue weighted by molar-refractivity contribution is 6.32. The lowest BCUT2D eigenvalue weighted by Crippen LogP contribution is -2.42. The molecule has 0 aromatic carbocycles. The number of carbonyl (C=O) groups excluding carboxylic acids is 1. The van der Waals surface area contributed by atoms with Crippen molar-refractivity contribution in [3.05, 3.63) is 23.4 Å². The van der Waals surface area contributed by atoms with Gasteiger partial charge in [0.2, 0.25) is 5.91 Å². The fourth-order valence-corrected chi connectivity index (χ4v) is 4.86. The number of nitrogens with zero attached hydrogens (tertiary/aromatic N) is 3. The van der Waals surface area contributed by atoms with E-state index in [4.69, 9.17) is 11.6 Å². The van der Waals surface area contributed by atoms with Gasteiger partial charge in [0.05, 0.1) is 5.02 Å². The second-order valence-corrected chi connectivity index (χ2v) is 7.67. The van der Waals surface area contributed by atoms with Crippen LogP contribution < -0.4 is 4.90 Å². The van der Waals surface area contributed by atoms with Crippen LogP contribution in [0.4, 0.5) is 5.82 Å². The summed E-state index contributed by atoms with van der Waals surface area (Å²) >= 11 is 6.24. The average Bonchev–Trinajstić information content (AvgIpc) is 3.16. The summed E-state index contributed by atoms with van der Waals surface area (Å²) in [5.74, 6) is 3.01. The Bertz CT molecular complexity index is 573. The molecule has 1 aromatic rings. The molecule has 4 rings (SSSR count). The molecule has 2 atom stereocenters. The number of rotatable bonds is 2. The first-order valence-electron chi connectivity index (χ1n) is 8.86. The number of carbonyl (C=O) groups is 1. The van der Waals surface area contributed by atoms with Gasteiger partial charge in [0, 0.05) is 38.3 Å². The Morgan fingerprint density at radius 1 is 1.13 bits per heavy atom. The molecule has 1 amide bonds. The van der Waals surface area contributed by atoms with Gasteiger partial charge in [-0.3, -0.25) is 4.79 Å². The van der Waals surface area contributed by atoms with Gasteiger partial charge < -0.3 is 9.80 Å². The summed E-state index contributed by atoms with van der Waals surface area (Å²) in [6.45, 7) is 3.76. The molecule has 0 N–H and O–H groups in total. The van der Waals surface area contributed by atoms with Crippen molar-refractivity contribution in [3.8, 4) is 0 Å². The zero-order chi connectivity index (χ0) is 15.8. The van der Waals surface area contributed by atoms with E-state index in [2.05, 4.69) is 14.8 Å². The van der Waals surface area contributed by atoms with Crippen LogP contribution in [0.5, 0.6) is 0 Å². The number of hydrogen-bond donors (Lipinski definition) is 0. The number of fused-ring (bicyclic) bond motifs is 1. The third-order valence-corrected chi connectivity index (χ3v) is 6.22. The molecule has 0 bridgehead atoms. The molecule has 1 aromatic heterocycles. The second kappa shape index (κ2) is 6.31. The van der Waals surface area contributed by atoms with Crippen LogP contribution in [0.3, 0.4) is 0 Å². The minimum Gasteiger partial charge on any atom is -0.355 e. The van der Waals surface area contributed by atoms with Crippen LogP contribution in [0.25, 0.3) is 0 Å². The quantitative estimate of drug-likeness (QED) is 0.834. The average molecular weight is 334 g/mol. The predicted molar refractivity (Wildman–Crippen MR) is 91.6 cm³/mol. The van der Waals surface area contributed by atoms with Gasteiger partial charge in [-0.25, -0.2) is 4.98 Å². The number of aromatic nitrogens is 1. The van der Waals surface area contributed by atoms with E-state index in [-0.39, 0.29) is 5.92 Å². The molecule has 1 aliphatic carbocycles. The van der Waals surface area contributed by atoms with Gasteiger partial charge >= 0.3 is 0 Å². The molecule has 23 heavy (non-hydrogen) atoms. The van der Waals surface area contributed by atoms with Gasteiger partial charge in [-0.1, -0.05) is 18.0 Å². The lowest BCUT2D eigenvalue weighted by atomic mass is 9.95. The molecule has 124 valence electrons. The van der Waals surface area contributed by atoms with Gasteiger partial charge in [-0.05, 0) is 49.7 Å². The van der Waals surface area contributed by atoms with Gasteiger partial charge in [0.25, 0.3) is 0 Å². The fraction of sp³-hybridized carbons (Fsp3) is 0.667. The van der Waals surface area contributed by atoms with Gasteiger partial charge in [-0.15, -0.1) is 0 Å². The molecular weight excluding hydrogens is 310 g/mol. The maximum atomic E-state index is 12.8. The van der Waals surface area contributed by atoms with Crippen LogP contribution in [-0.4, -0.2) is 42.0 Å². The lowest BCUT2D eigenvalue weighted by Gasteiger charge is -2.34. The number of pyridine rings is 1. The number of amides is 1. The van der Waals surface area contributed by atoms with E-state index in [9.17, 15) is 4.79 Å². The summed E-state index contributed by atoms with van der Waals surface area (Å²) in [4.78, 5) is 21.6. The number of piperidine rings is 1. The zero-order valence-corrected chi connectivity index (χ0v) is 14.2. The van der Waals surface area contributed by atoms with Crippen molar-refractivity contribution in [2.75, 3.05) is 31.1 Å². The number of hydrogen-bond acceptors (Lipinski definition) is 3. The van der Waals surface area contributed by atoms with Gasteiger partial charge in [0.15, 0.2) is 0 Å². The molecule has 2 saturated heterocycles. The molecule has 0 spiro atoms. The molecule has 0 radical (unpaired) electrons. The maximum absolute atomic E-state index is 12.8. The Hall–Kier alpha value is -1.29. The highest BCUT2D eigenvalue weighted by Crippen LogP contribution is 2.39. The summed E-state index contributed by atoms with van der Waals surface area (Å²) in [6, 6.07) is 3.73. The smallest absolute Gasteiger partial charge is 0.225 e. The Kier molecular flexibility index (Phi) is 4.18. The lowest BCUT2D eigenvalue weighted by molar-refractivity contribution is -0.135. The number of likely N-dealkylation sites (tertiary alicyclic amines) is 1. The number of anilines is 1. The monoisotopic (exact) mass is 333 g/mol. The first kappa shape index (κ1) is 15.3. The van der Waals surface area contributed by atoms with E-state index in [1.165, 1.54) is 19.3 Å². The van der Waals surface area contributed by atoms with Gasteiger partial charge in [-0.2, -0.15) is 0 Å². The Morgan fingerprint density at radius 3 is 2.48 bits per heavy atom. The predicted octanol–water partition coefficient (Wildman–Crippen LogP) is 3.21. The largest absolute Gasteiger partial charge is 0.355 e. The van der Waals surface area contributed by atoms with Crippen molar-refractivity contribution < 1.29 is 4.79 Å². The van der Waals surface area contributed by atoms with Crippen molar-refractivity contribution >= 4 is 23.3 Å². The van der Waals surface area contributed by atoms with E-state index >= 15 is 0 Å². The van der Waals surface area contributed by atoms with Crippen molar-refractivity contribution in [1.82, 2.24) is 9.88 Å². The summed E-state index contributed by atoms with van der Waals surface area (Å²) in [5.41, 5.74) is 0. The Balaban J connectivity index is 1.35. The van der Waals surface area contributed by atoms with E-state index in [1.807, 2.05) is 12.1 Å². The summed E-state index contributed by atoms with van der Waals surface area (Å²) in [7, 11) is 0. The SMILES string of the molecule is O=C(C1CCN(c2ncccc2Cl)CC1)N1CC2CCCC2C1. The van der Waals surface area contributed by atoms with Crippen molar-refractivity contribution in [1.29, 1.82) is 0 Å². The highest BCUT2D eigenvalue weighted by atomic mass is 35.5.